The van der Waals surface area contributed by atoms with Crippen LogP contribution in [0.4, 0.5) is 5.69 Å². The van der Waals surface area contributed by atoms with E-state index in [0.717, 1.165) is 46.7 Å². The fourth-order valence-corrected chi connectivity index (χ4v) is 6.68. The minimum absolute atomic E-state index is 0.280. The molecule has 0 atom stereocenters. The molecule has 0 spiro atoms. The number of anilines is 1. The Bertz CT molecular complexity index is 2540. The molecule has 6 aromatic carbocycles. The first-order valence-corrected chi connectivity index (χ1v) is 18.0. The van der Waals surface area contributed by atoms with Crippen molar-refractivity contribution < 1.29 is 28.2 Å². The van der Waals surface area contributed by atoms with Gasteiger partial charge in [-0.3, -0.25) is 14.5 Å². The summed E-state index contributed by atoms with van der Waals surface area (Å²) in [6.07, 6.45) is 0. The van der Waals surface area contributed by atoms with Crippen molar-refractivity contribution in [1.82, 2.24) is 15.2 Å². The number of morpholine rings is 1. The molecule has 0 aliphatic carbocycles. The highest BCUT2D eigenvalue weighted by molar-refractivity contribution is 6.15. The number of methoxy groups -OCH3 is 2. The van der Waals surface area contributed by atoms with Crippen molar-refractivity contribution in [3.8, 4) is 23.0 Å². The molecule has 55 heavy (non-hydrogen) atoms. The summed E-state index contributed by atoms with van der Waals surface area (Å²) >= 11 is 0. The van der Waals surface area contributed by atoms with Crippen LogP contribution in [-0.4, -0.2) is 75.3 Å². The van der Waals surface area contributed by atoms with E-state index < -0.39 is 5.63 Å². The number of fused-ring (bicyclic) bond motifs is 3. The number of aromatic nitrogens is 1. The summed E-state index contributed by atoms with van der Waals surface area (Å²) < 4.78 is 21.5. The Hall–Kier alpha value is -6.56. The maximum Gasteiger partial charge on any atom is 0.350 e. The quantitative estimate of drug-likeness (QED) is 0.158. The molecule has 8 rings (SSSR count). The molecule has 1 aromatic heterocycles. The second kappa shape index (κ2) is 17.1. The van der Waals surface area contributed by atoms with Crippen LogP contribution in [0.5, 0.6) is 11.5 Å². The zero-order valence-corrected chi connectivity index (χ0v) is 30.5. The Morgan fingerprint density at radius 3 is 2.13 bits per heavy atom. The van der Waals surface area contributed by atoms with E-state index >= 15 is 0 Å². The minimum Gasteiger partial charge on any atom is -0.496 e. The molecule has 1 saturated heterocycles. The number of amides is 2. The number of rotatable bonds is 9. The van der Waals surface area contributed by atoms with Crippen LogP contribution >= 0.6 is 0 Å². The first kappa shape index (κ1) is 36.8. The molecule has 7 aromatic rings. The summed E-state index contributed by atoms with van der Waals surface area (Å²) in [5.74, 6) is 0.617. The Balaban J connectivity index is 0.000000178. The molecule has 11 heteroatoms. The third-order valence-corrected chi connectivity index (χ3v) is 9.43. The molecule has 11 nitrogen and oxygen atoms in total. The third-order valence-electron chi connectivity index (χ3n) is 9.43. The summed E-state index contributed by atoms with van der Waals surface area (Å²) in [4.78, 5) is 45.3. The van der Waals surface area contributed by atoms with Gasteiger partial charge in [0.1, 0.15) is 22.4 Å². The lowest BCUT2D eigenvalue weighted by Gasteiger charge is -2.26. The average molecular weight is 737 g/mol. The first-order valence-electron chi connectivity index (χ1n) is 18.0. The minimum atomic E-state index is -0.449. The number of hydrogen-bond acceptors (Lipinski definition) is 9. The summed E-state index contributed by atoms with van der Waals surface area (Å²) in [6, 6.07) is 37.6. The predicted octanol–water partition coefficient (Wildman–Crippen LogP) is 7.18. The zero-order chi connectivity index (χ0) is 38.1. The van der Waals surface area contributed by atoms with Crippen LogP contribution in [0.15, 0.2) is 131 Å². The summed E-state index contributed by atoms with van der Waals surface area (Å²) in [5.41, 5.74) is 2.17. The lowest BCUT2D eigenvalue weighted by Crippen LogP contribution is -2.41. The van der Waals surface area contributed by atoms with E-state index in [-0.39, 0.29) is 11.8 Å². The smallest absolute Gasteiger partial charge is 0.350 e. The molecule has 1 aliphatic heterocycles. The molecule has 0 unspecified atom stereocenters. The van der Waals surface area contributed by atoms with E-state index in [1.165, 1.54) is 14.2 Å². The molecule has 1 fully saturated rings. The van der Waals surface area contributed by atoms with Gasteiger partial charge in [-0.2, -0.15) is 0 Å². The molecule has 2 N–H and O–H groups in total. The van der Waals surface area contributed by atoms with Crippen molar-refractivity contribution in [1.29, 1.82) is 0 Å². The van der Waals surface area contributed by atoms with Crippen LogP contribution in [0.3, 0.4) is 0 Å². The second-order valence-electron chi connectivity index (χ2n) is 12.8. The lowest BCUT2D eigenvalue weighted by atomic mass is 10.0. The van der Waals surface area contributed by atoms with Crippen LogP contribution in [-0.2, 0) is 4.74 Å². The molecule has 1 aliphatic rings. The van der Waals surface area contributed by atoms with Gasteiger partial charge in [0.15, 0.2) is 0 Å². The van der Waals surface area contributed by atoms with E-state index in [4.69, 9.17) is 18.6 Å². The normalized spacial score (nSPS) is 12.8. The number of carbonyl (C=O) groups excluding carboxylic acids is 2. The van der Waals surface area contributed by atoms with Crippen LogP contribution in [0.25, 0.3) is 43.9 Å². The number of nitrogens with one attached hydrogen (secondary N) is 2. The Labute approximate surface area is 317 Å². The maximum atomic E-state index is 13.1. The van der Waals surface area contributed by atoms with Crippen molar-refractivity contribution in [2.75, 3.05) is 58.9 Å². The SMILES string of the molecule is COc1cccc(NC(=O)c2cccc3ccccc23)c1C(=O)NCCN1CCOCC1.COc1cccc2nc(-c3cccc4ccccc34)oc(=O)c12. The van der Waals surface area contributed by atoms with Gasteiger partial charge in [0, 0.05) is 37.3 Å². The van der Waals surface area contributed by atoms with Gasteiger partial charge in [0.2, 0.25) is 5.89 Å². The molecular weight excluding hydrogens is 697 g/mol. The molecule has 2 heterocycles. The largest absolute Gasteiger partial charge is 0.496 e. The maximum absolute atomic E-state index is 13.1. The topological polar surface area (TPSA) is 132 Å². The number of carbonyl (C=O) groups is 2. The molecule has 0 saturated carbocycles. The molecule has 0 bridgehead atoms. The molecule has 278 valence electrons. The highest BCUT2D eigenvalue weighted by Gasteiger charge is 2.21. The highest BCUT2D eigenvalue weighted by Crippen LogP contribution is 2.30. The van der Waals surface area contributed by atoms with Crippen LogP contribution in [0.1, 0.15) is 20.7 Å². The van der Waals surface area contributed by atoms with Gasteiger partial charge in [0.25, 0.3) is 11.8 Å². The van der Waals surface area contributed by atoms with Crippen molar-refractivity contribution in [3.05, 3.63) is 143 Å². The standard InChI is InChI=1S/C25H27N3O4.C19H13NO3/c1-31-22-11-5-10-21(23(22)25(30)26-12-13-28-14-16-32-17-15-28)27-24(29)20-9-4-7-18-6-2-3-8-19(18)20;1-22-16-11-5-10-15-17(16)19(21)23-18(20-15)14-9-4-7-12-6-2-3-8-13(12)14/h2-11H,12-17H2,1H3,(H,26,30)(H,27,29);2-11H,1H3. The van der Waals surface area contributed by atoms with Crippen molar-refractivity contribution in [2.45, 2.75) is 0 Å². The number of hydrogen-bond donors (Lipinski definition) is 2. The van der Waals surface area contributed by atoms with E-state index in [2.05, 4.69) is 20.5 Å². The van der Waals surface area contributed by atoms with E-state index in [0.29, 0.717) is 64.9 Å². The van der Waals surface area contributed by atoms with E-state index in [1.54, 1.807) is 42.5 Å². The van der Waals surface area contributed by atoms with Crippen LogP contribution in [0, 0.1) is 0 Å². The third kappa shape index (κ3) is 8.18. The Morgan fingerprint density at radius 2 is 1.36 bits per heavy atom. The van der Waals surface area contributed by atoms with Gasteiger partial charge in [-0.15, -0.1) is 0 Å². The predicted molar refractivity (Wildman–Crippen MR) is 214 cm³/mol. The van der Waals surface area contributed by atoms with Gasteiger partial charge >= 0.3 is 5.63 Å². The average Bonchev–Trinajstić information content (AvgIpc) is 3.23. The second-order valence-corrected chi connectivity index (χ2v) is 12.8. The summed E-state index contributed by atoms with van der Waals surface area (Å²) in [5, 5.41) is 10.1. The van der Waals surface area contributed by atoms with Crippen LogP contribution in [0.2, 0.25) is 0 Å². The number of benzene rings is 6. The van der Waals surface area contributed by atoms with E-state index in [9.17, 15) is 14.4 Å². The number of ether oxygens (including phenoxy) is 3. The van der Waals surface area contributed by atoms with Gasteiger partial charge in [-0.1, -0.05) is 84.9 Å². The van der Waals surface area contributed by atoms with Crippen molar-refractivity contribution in [2.24, 2.45) is 0 Å². The van der Waals surface area contributed by atoms with Crippen LogP contribution < -0.4 is 25.7 Å². The molecule has 0 radical (unpaired) electrons. The first-order chi connectivity index (χ1) is 26.9. The van der Waals surface area contributed by atoms with Gasteiger partial charge < -0.3 is 29.3 Å². The Kier molecular flexibility index (Phi) is 11.4. The fraction of sp³-hybridized carbons (Fsp3) is 0.182. The molecule has 2 amide bonds. The summed E-state index contributed by atoms with van der Waals surface area (Å²) in [7, 11) is 3.03. The highest BCUT2D eigenvalue weighted by atomic mass is 16.5. The van der Waals surface area contributed by atoms with E-state index in [1.807, 2.05) is 78.9 Å². The van der Waals surface area contributed by atoms with Gasteiger partial charge in [-0.05, 0) is 57.9 Å². The Morgan fingerprint density at radius 1 is 0.727 bits per heavy atom. The lowest BCUT2D eigenvalue weighted by molar-refractivity contribution is 0.0383. The van der Waals surface area contributed by atoms with Crippen molar-refractivity contribution >= 4 is 49.9 Å². The van der Waals surface area contributed by atoms with Gasteiger partial charge in [0.05, 0.1) is 38.6 Å². The monoisotopic (exact) mass is 736 g/mol. The summed E-state index contributed by atoms with van der Waals surface area (Å²) in [6.45, 7) is 4.37. The molecular formula is C44H40N4O7. The fourth-order valence-electron chi connectivity index (χ4n) is 6.68. The zero-order valence-electron chi connectivity index (χ0n) is 30.5. The van der Waals surface area contributed by atoms with Crippen molar-refractivity contribution in [3.63, 3.8) is 0 Å². The van der Waals surface area contributed by atoms with Gasteiger partial charge in [-0.25, -0.2) is 9.78 Å². The number of nitrogens with zero attached hydrogens (tertiary/aromatic N) is 2.